The molecule has 2 aromatic rings. The molecule has 0 saturated heterocycles. The van der Waals surface area contributed by atoms with E-state index in [0.29, 0.717) is 5.75 Å². The number of halogens is 3. The maximum Gasteiger partial charge on any atom is 0.416 e. The molecule has 0 heterocycles. The van der Waals surface area contributed by atoms with Crippen LogP contribution in [0.2, 0.25) is 0 Å². The fraction of sp³-hybridized carbons (Fsp3) is 0.250. The minimum Gasteiger partial charge on any atom is -0.497 e. The van der Waals surface area contributed by atoms with E-state index in [1.165, 1.54) is 31.4 Å². The Morgan fingerprint density at radius 1 is 1.04 bits per heavy atom. The molecule has 0 radical (unpaired) electrons. The molecule has 0 bridgehead atoms. The summed E-state index contributed by atoms with van der Waals surface area (Å²) < 4.78 is 68.2. The fourth-order valence-electron chi connectivity index (χ4n) is 2.26. The molecule has 0 saturated carbocycles. The molecule has 0 aromatic heterocycles. The van der Waals surface area contributed by atoms with Gasteiger partial charge in [-0.3, -0.25) is 0 Å². The summed E-state index contributed by atoms with van der Waals surface area (Å²) in [4.78, 5) is 0.0265. The molecule has 0 aliphatic heterocycles. The van der Waals surface area contributed by atoms with Gasteiger partial charge in [0.25, 0.3) is 0 Å². The van der Waals surface area contributed by atoms with Crippen LogP contribution in [0.5, 0.6) is 5.75 Å². The molecule has 2 aromatic carbocycles. The van der Waals surface area contributed by atoms with E-state index in [1.807, 2.05) is 0 Å². The first-order chi connectivity index (χ1) is 11.2. The minimum atomic E-state index is -4.48. The van der Waals surface area contributed by atoms with Crippen LogP contribution in [0.1, 0.15) is 16.4 Å². The van der Waals surface area contributed by atoms with E-state index >= 15 is 0 Å². The second-order valence-electron chi connectivity index (χ2n) is 5.06. The van der Waals surface area contributed by atoms with Crippen molar-refractivity contribution in [3.8, 4) is 5.75 Å². The molecule has 1 atom stereocenters. The first-order valence-corrected chi connectivity index (χ1v) is 8.50. The van der Waals surface area contributed by atoms with Crippen molar-refractivity contribution in [1.29, 1.82) is 0 Å². The highest BCUT2D eigenvalue weighted by atomic mass is 32.2. The zero-order chi connectivity index (χ0) is 18.0. The molecule has 2 N–H and O–H groups in total. The van der Waals surface area contributed by atoms with Gasteiger partial charge in [-0.05, 0) is 42.0 Å². The van der Waals surface area contributed by atoms with Gasteiger partial charge in [0, 0.05) is 6.54 Å². The van der Waals surface area contributed by atoms with Gasteiger partial charge in [0.1, 0.15) is 11.0 Å². The Bertz CT molecular complexity index is 785. The lowest BCUT2D eigenvalue weighted by atomic mass is 10.1. The number of ether oxygens (including phenoxy) is 1. The predicted molar refractivity (Wildman–Crippen MR) is 83.4 cm³/mol. The Morgan fingerprint density at radius 3 is 2.00 bits per heavy atom. The summed E-state index contributed by atoms with van der Waals surface area (Å²) in [7, 11) is -2.39. The average Bonchev–Trinajstić information content (AvgIpc) is 2.55. The highest BCUT2D eigenvalue weighted by molar-refractivity contribution is 7.91. The van der Waals surface area contributed by atoms with Gasteiger partial charge in [0.05, 0.1) is 17.6 Å². The monoisotopic (exact) mass is 359 g/mol. The van der Waals surface area contributed by atoms with Crippen molar-refractivity contribution in [3.63, 3.8) is 0 Å². The van der Waals surface area contributed by atoms with Crippen LogP contribution in [0.3, 0.4) is 0 Å². The van der Waals surface area contributed by atoms with Crippen LogP contribution in [0.25, 0.3) is 0 Å². The molecule has 0 spiro atoms. The van der Waals surface area contributed by atoms with Crippen LogP contribution < -0.4 is 10.5 Å². The number of methoxy groups -OCH3 is 1. The fourth-order valence-corrected chi connectivity index (χ4v) is 3.87. The first kappa shape index (κ1) is 18.3. The lowest BCUT2D eigenvalue weighted by molar-refractivity contribution is -0.137. The SMILES string of the molecule is COc1ccc(S(=O)(=O)[C@@H](CN)c2ccc(C(F)(F)F)cc2)cc1. The van der Waals surface area contributed by atoms with E-state index in [1.54, 1.807) is 0 Å². The van der Waals surface area contributed by atoms with Crippen LogP contribution in [0.15, 0.2) is 53.4 Å². The molecular formula is C16H16F3NO3S. The van der Waals surface area contributed by atoms with E-state index in [-0.39, 0.29) is 17.0 Å². The molecule has 8 heteroatoms. The summed E-state index contributed by atoms with van der Waals surface area (Å²) in [5.41, 5.74) is 4.95. The largest absolute Gasteiger partial charge is 0.497 e. The smallest absolute Gasteiger partial charge is 0.416 e. The van der Waals surface area contributed by atoms with Crippen molar-refractivity contribution < 1.29 is 26.3 Å². The van der Waals surface area contributed by atoms with E-state index in [0.717, 1.165) is 24.3 Å². The summed E-state index contributed by atoms with van der Waals surface area (Å²) in [6, 6.07) is 9.72. The zero-order valence-corrected chi connectivity index (χ0v) is 13.6. The zero-order valence-electron chi connectivity index (χ0n) is 12.7. The summed E-state index contributed by atoms with van der Waals surface area (Å²) >= 11 is 0. The molecule has 24 heavy (non-hydrogen) atoms. The number of nitrogens with two attached hydrogens (primary N) is 1. The maximum atomic E-state index is 12.7. The lowest BCUT2D eigenvalue weighted by Gasteiger charge is -2.17. The van der Waals surface area contributed by atoms with Crippen LogP contribution in [-0.2, 0) is 16.0 Å². The molecule has 0 amide bonds. The van der Waals surface area contributed by atoms with Gasteiger partial charge in [-0.15, -0.1) is 0 Å². The lowest BCUT2D eigenvalue weighted by Crippen LogP contribution is -2.22. The number of rotatable bonds is 5. The molecule has 4 nitrogen and oxygen atoms in total. The summed E-state index contributed by atoms with van der Waals surface area (Å²) in [5, 5.41) is -1.13. The number of hydrogen-bond donors (Lipinski definition) is 1. The van der Waals surface area contributed by atoms with Crippen LogP contribution in [0, 0.1) is 0 Å². The van der Waals surface area contributed by atoms with E-state index in [9.17, 15) is 21.6 Å². The quantitative estimate of drug-likeness (QED) is 0.890. The third-order valence-electron chi connectivity index (χ3n) is 3.59. The minimum absolute atomic E-state index is 0.0265. The van der Waals surface area contributed by atoms with Crippen molar-refractivity contribution in [2.45, 2.75) is 16.3 Å². The number of sulfone groups is 1. The Balaban J connectivity index is 2.38. The molecule has 2 rings (SSSR count). The van der Waals surface area contributed by atoms with Crippen LogP contribution in [0.4, 0.5) is 13.2 Å². The molecule has 0 unspecified atom stereocenters. The van der Waals surface area contributed by atoms with Crippen molar-refractivity contribution >= 4 is 9.84 Å². The molecule has 0 aliphatic carbocycles. The van der Waals surface area contributed by atoms with Crippen molar-refractivity contribution in [3.05, 3.63) is 59.7 Å². The van der Waals surface area contributed by atoms with Gasteiger partial charge in [-0.2, -0.15) is 13.2 Å². The van der Waals surface area contributed by atoms with Gasteiger partial charge in [0.15, 0.2) is 9.84 Å². The van der Waals surface area contributed by atoms with E-state index in [2.05, 4.69) is 0 Å². The van der Waals surface area contributed by atoms with Crippen molar-refractivity contribution in [2.75, 3.05) is 13.7 Å². The third-order valence-corrected chi connectivity index (χ3v) is 5.73. The van der Waals surface area contributed by atoms with Gasteiger partial charge < -0.3 is 10.5 Å². The molecule has 0 aliphatic rings. The molecule has 130 valence electrons. The van der Waals surface area contributed by atoms with Crippen molar-refractivity contribution in [1.82, 2.24) is 0 Å². The predicted octanol–water partition coefficient (Wildman–Crippen LogP) is 3.19. The standard InChI is InChI=1S/C16H16F3NO3S/c1-23-13-6-8-14(9-7-13)24(21,22)15(10-20)11-2-4-12(5-3-11)16(17,18)19/h2-9,15H,10,20H2,1H3/t15-/m0/s1. The normalized spacial score (nSPS) is 13.5. The van der Waals surface area contributed by atoms with Crippen LogP contribution in [-0.4, -0.2) is 22.1 Å². The Morgan fingerprint density at radius 2 is 1.58 bits per heavy atom. The third kappa shape index (κ3) is 3.70. The highest BCUT2D eigenvalue weighted by Gasteiger charge is 2.32. The number of alkyl halides is 3. The Hall–Kier alpha value is -2.06. The van der Waals surface area contributed by atoms with Crippen molar-refractivity contribution in [2.24, 2.45) is 5.73 Å². The van der Waals surface area contributed by atoms with Crippen LogP contribution >= 0.6 is 0 Å². The number of hydrogen-bond acceptors (Lipinski definition) is 4. The van der Waals surface area contributed by atoms with E-state index in [4.69, 9.17) is 10.5 Å². The maximum absolute atomic E-state index is 12.7. The Labute approximate surface area is 138 Å². The van der Waals surface area contributed by atoms with Gasteiger partial charge in [-0.1, -0.05) is 12.1 Å². The molecular weight excluding hydrogens is 343 g/mol. The van der Waals surface area contributed by atoms with Gasteiger partial charge >= 0.3 is 6.18 Å². The summed E-state index contributed by atoms with van der Waals surface area (Å²) in [6.45, 7) is -0.250. The van der Waals surface area contributed by atoms with Gasteiger partial charge in [0.2, 0.25) is 0 Å². The Kier molecular flexibility index (Phi) is 5.19. The first-order valence-electron chi connectivity index (χ1n) is 6.95. The highest BCUT2D eigenvalue weighted by Crippen LogP contribution is 2.33. The van der Waals surface area contributed by atoms with Gasteiger partial charge in [-0.25, -0.2) is 8.42 Å². The summed E-state index contributed by atoms with van der Waals surface area (Å²) in [5.74, 6) is 0.493. The molecule has 0 fully saturated rings. The second kappa shape index (κ2) is 6.82. The second-order valence-corrected chi connectivity index (χ2v) is 7.20. The van der Waals surface area contributed by atoms with E-state index < -0.39 is 26.8 Å². The average molecular weight is 359 g/mol. The number of benzene rings is 2. The topological polar surface area (TPSA) is 69.4 Å². The summed E-state index contributed by atoms with van der Waals surface area (Å²) in [6.07, 6.45) is -4.48.